The van der Waals surface area contributed by atoms with Crippen LogP contribution in [0.4, 0.5) is 0 Å². The number of pyridine rings is 1. The van der Waals surface area contributed by atoms with E-state index in [1.165, 1.54) is 6.08 Å². The number of aromatic nitrogens is 1. The predicted octanol–water partition coefficient (Wildman–Crippen LogP) is 2.42. The third-order valence-corrected chi connectivity index (χ3v) is 2.74. The number of carbonyl (C=O) groups is 1. The van der Waals surface area contributed by atoms with Crippen molar-refractivity contribution >= 4 is 12.0 Å². The second-order valence-corrected chi connectivity index (χ2v) is 4.19. The Kier molecular flexibility index (Phi) is 4.89. The van der Waals surface area contributed by atoms with Crippen LogP contribution in [-0.4, -0.2) is 18.0 Å². The number of methoxy groups -OCH3 is 1. The number of nitrogens with zero attached hydrogens (tertiary/aromatic N) is 1. The van der Waals surface area contributed by atoms with Crippen LogP contribution in [0.3, 0.4) is 0 Å². The van der Waals surface area contributed by atoms with E-state index >= 15 is 0 Å². The van der Waals surface area contributed by atoms with Crippen molar-refractivity contribution in [3.05, 3.63) is 66.0 Å². The van der Waals surface area contributed by atoms with E-state index in [-0.39, 0.29) is 5.91 Å². The maximum atomic E-state index is 11.7. The van der Waals surface area contributed by atoms with Crippen molar-refractivity contribution in [3.8, 4) is 5.75 Å². The van der Waals surface area contributed by atoms with E-state index < -0.39 is 0 Å². The highest BCUT2D eigenvalue weighted by molar-refractivity contribution is 5.91. The molecule has 1 aromatic carbocycles. The molecule has 20 heavy (non-hydrogen) atoms. The predicted molar refractivity (Wildman–Crippen MR) is 78.1 cm³/mol. The first-order valence-electron chi connectivity index (χ1n) is 6.27. The topological polar surface area (TPSA) is 51.2 Å². The highest BCUT2D eigenvalue weighted by Crippen LogP contribution is 2.10. The van der Waals surface area contributed by atoms with Gasteiger partial charge >= 0.3 is 0 Å². The Morgan fingerprint density at radius 2 is 2.10 bits per heavy atom. The number of hydrogen-bond donors (Lipinski definition) is 1. The Labute approximate surface area is 118 Å². The molecule has 102 valence electrons. The Bertz CT molecular complexity index is 577. The number of benzene rings is 1. The zero-order valence-corrected chi connectivity index (χ0v) is 11.2. The molecule has 0 atom stereocenters. The van der Waals surface area contributed by atoms with Crippen LogP contribution in [0.15, 0.2) is 54.9 Å². The fourth-order valence-electron chi connectivity index (χ4n) is 1.64. The molecule has 0 aliphatic rings. The molecule has 2 aromatic rings. The number of hydrogen-bond acceptors (Lipinski definition) is 3. The molecule has 1 amide bonds. The standard InChI is InChI=1S/C16H16N2O2/c1-20-15-7-4-14(5-8-15)12-18-16(19)9-6-13-3-2-10-17-11-13/h2-11H,12H2,1H3,(H,18,19)/b9-6-. The SMILES string of the molecule is COc1ccc(CNC(=O)/C=C\c2cccnc2)cc1. The molecule has 1 heterocycles. The van der Waals surface area contributed by atoms with Gasteiger partial charge in [0, 0.05) is 25.0 Å². The smallest absolute Gasteiger partial charge is 0.244 e. The van der Waals surface area contributed by atoms with Crippen LogP contribution < -0.4 is 10.1 Å². The lowest BCUT2D eigenvalue weighted by Crippen LogP contribution is -2.20. The van der Waals surface area contributed by atoms with Crippen molar-refractivity contribution < 1.29 is 9.53 Å². The van der Waals surface area contributed by atoms with Gasteiger partial charge in [-0.05, 0) is 35.4 Å². The second kappa shape index (κ2) is 7.09. The average molecular weight is 268 g/mol. The van der Waals surface area contributed by atoms with Gasteiger partial charge < -0.3 is 10.1 Å². The number of carbonyl (C=O) groups excluding carboxylic acids is 1. The lowest BCUT2D eigenvalue weighted by Gasteiger charge is -2.04. The fraction of sp³-hybridized carbons (Fsp3) is 0.125. The van der Waals surface area contributed by atoms with Crippen LogP contribution >= 0.6 is 0 Å². The summed E-state index contributed by atoms with van der Waals surface area (Å²) >= 11 is 0. The molecular weight excluding hydrogens is 252 g/mol. The Morgan fingerprint density at radius 3 is 2.75 bits per heavy atom. The highest BCUT2D eigenvalue weighted by atomic mass is 16.5. The summed E-state index contributed by atoms with van der Waals surface area (Å²) in [6, 6.07) is 11.3. The monoisotopic (exact) mass is 268 g/mol. The first kappa shape index (κ1) is 13.8. The van der Waals surface area contributed by atoms with Crippen LogP contribution in [-0.2, 0) is 11.3 Å². The van der Waals surface area contributed by atoms with Crippen LogP contribution in [0.25, 0.3) is 6.08 Å². The highest BCUT2D eigenvalue weighted by Gasteiger charge is 1.97. The number of ether oxygens (including phenoxy) is 1. The van der Waals surface area contributed by atoms with Gasteiger partial charge in [0.25, 0.3) is 0 Å². The van der Waals surface area contributed by atoms with E-state index in [0.717, 1.165) is 16.9 Å². The molecule has 0 spiro atoms. The van der Waals surface area contributed by atoms with Gasteiger partial charge in [-0.3, -0.25) is 9.78 Å². The van der Waals surface area contributed by atoms with Crippen LogP contribution in [0.2, 0.25) is 0 Å². The molecule has 1 N–H and O–H groups in total. The molecule has 0 fully saturated rings. The molecular formula is C16H16N2O2. The maximum Gasteiger partial charge on any atom is 0.244 e. The molecule has 2 rings (SSSR count). The van der Waals surface area contributed by atoms with E-state index in [4.69, 9.17) is 4.74 Å². The largest absolute Gasteiger partial charge is 0.497 e. The van der Waals surface area contributed by atoms with Gasteiger partial charge in [0.05, 0.1) is 7.11 Å². The Morgan fingerprint density at radius 1 is 1.30 bits per heavy atom. The maximum absolute atomic E-state index is 11.7. The molecule has 1 aromatic heterocycles. The third-order valence-electron chi connectivity index (χ3n) is 2.74. The Balaban J connectivity index is 1.84. The normalized spacial score (nSPS) is 10.4. The summed E-state index contributed by atoms with van der Waals surface area (Å²) in [4.78, 5) is 15.6. The van der Waals surface area contributed by atoms with Crippen molar-refractivity contribution in [2.45, 2.75) is 6.54 Å². The number of nitrogens with one attached hydrogen (secondary N) is 1. The van der Waals surface area contributed by atoms with Gasteiger partial charge in [0.1, 0.15) is 5.75 Å². The summed E-state index contributed by atoms with van der Waals surface area (Å²) in [7, 11) is 1.63. The van der Waals surface area contributed by atoms with Gasteiger partial charge in [-0.25, -0.2) is 0 Å². The van der Waals surface area contributed by atoms with E-state index in [0.29, 0.717) is 6.54 Å². The lowest BCUT2D eigenvalue weighted by atomic mass is 10.2. The van der Waals surface area contributed by atoms with Crippen molar-refractivity contribution in [3.63, 3.8) is 0 Å². The summed E-state index contributed by atoms with van der Waals surface area (Å²) in [5, 5.41) is 2.82. The molecule has 4 nitrogen and oxygen atoms in total. The molecule has 0 bridgehead atoms. The van der Waals surface area contributed by atoms with E-state index in [9.17, 15) is 4.79 Å². The molecule has 0 aliphatic heterocycles. The molecule has 0 saturated carbocycles. The minimum absolute atomic E-state index is 0.135. The van der Waals surface area contributed by atoms with Crippen LogP contribution in [0.1, 0.15) is 11.1 Å². The van der Waals surface area contributed by atoms with E-state index in [2.05, 4.69) is 10.3 Å². The Hall–Kier alpha value is -2.62. The van der Waals surface area contributed by atoms with Crippen molar-refractivity contribution in [2.75, 3.05) is 7.11 Å². The first-order chi connectivity index (χ1) is 9.78. The van der Waals surface area contributed by atoms with E-state index in [1.807, 2.05) is 36.4 Å². The summed E-state index contributed by atoms with van der Waals surface area (Å²) in [6.07, 6.45) is 6.63. The summed E-state index contributed by atoms with van der Waals surface area (Å²) in [6.45, 7) is 0.486. The van der Waals surface area contributed by atoms with Gasteiger partial charge in [-0.15, -0.1) is 0 Å². The second-order valence-electron chi connectivity index (χ2n) is 4.19. The first-order valence-corrected chi connectivity index (χ1v) is 6.27. The van der Waals surface area contributed by atoms with Crippen molar-refractivity contribution in [1.29, 1.82) is 0 Å². The number of rotatable bonds is 5. The number of amides is 1. The summed E-state index contributed by atoms with van der Waals surface area (Å²) in [5.41, 5.74) is 1.92. The summed E-state index contributed by atoms with van der Waals surface area (Å²) in [5.74, 6) is 0.668. The van der Waals surface area contributed by atoms with Gasteiger partial charge in [-0.2, -0.15) is 0 Å². The molecule has 0 aliphatic carbocycles. The van der Waals surface area contributed by atoms with E-state index in [1.54, 1.807) is 25.6 Å². The van der Waals surface area contributed by atoms with Gasteiger partial charge in [0.2, 0.25) is 5.91 Å². The zero-order valence-electron chi connectivity index (χ0n) is 11.2. The van der Waals surface area contributed by atoms with Crippen molar-refractivity contribution in [1.82, 2.24) is 10.3 Å². The minimum atomic E-state index is -0.135. The average Bonchev–Trinajstić information content (AvgIpc) is 2.52. The molecule has 0 radical (unpaired) electrons. The lowest BCUT2D eigenvalue weighted by molar-refractivity contribution is -0.116. The molecule has 4 heteroatoms. The molecule has 0 saturated heterocycles. The quantitative estimate of drug-likeness (QED) is 0.847. The van der Waals surface area contributed by atoms with Crippen LogP contribution in [0, 0.1) is 0 Å². The van der Waals surface area contributed by atoms with Gasteiger partial charge in [0.15, 0.2) is 0 Å². The fourth-order valence-corrected chi connectivity index (χ4v) is 1.64. The molecule has 0 unspecified atom stereocenters. The van der Waals surface area contributed by atoms with Crippen LogP contribution in [0.5, 0.6) is 5.75 Å². The van der Waals surface area contributed by atoms with Crippen molar-refractivity contribution in [2.24, 2.45) is 0 Å². The minimum Gasteiger partial charge on any atom is -0.497 e. The summed E-state index contributed by atoms with van der Waals surface area (Å²) < 4.78 is 5.08. The zero-order chi connectivity index (χ0) is 14.2. The third kappa shape index (κ3) is 4.24. The van der Waals surface area contributed by atoms with Gasteiger partial charge in [-0.1, -0.05) is 18.2 Å².